The van der Waals surface area contributed by atoms with Crippen LogP contribution in [0.5, 0.6) is 0 Å². The third-order valence-corrected chi connectivity index (χ3v) is 2.93. The predicted molar refractivity (Wildman–Crippen MR) is 75.1 cm³/mol. The standard InChI is InChI=1S/C13H12ClN3O2/c1-7-2-3-9(14)10(6-7)17-12-11(15)8(13(18)19)4-5-16-12/h2-6H,15H2,1H3,(H,16,17)(H,18,19). The molecule has 0 unspecified atom stereocenters. The lowest BCUT2D eigenvalue weighted by Gasteiger charge is -2.11. The number of nitrogens with two attached hydrogens (primary N) is 1. The van der Waals surface area contributed by atoms with Crippen molar-refractivity contribution in [1.29, 1.82) is 0 Å². The van der Waals surface area contributed by atoms with Crippen LogP contribution in [0.3, 0.4) is 0 Å². The predicted octanol–water partition coefficient (Wildman–Crippen LogP) is 3.07. The summed E-state index contributed by atoms with van der Waals surface area (Å²) in [4.78, 5) is 15.0. The van der Waals surface area contributed by atoms with Crippen molar-refractivity contribution in [2.24, 2.45) is 0 Å². The number of nitrogen functional groups attached to an aromatic ring is 1. The second-order valence-electron chi connectivity index (χ2n) is 4.03. The summed E-state index contributed by atoms with van der Waals surface area (Å²) < 4.78 is 0. The SMILES string of the molecule is Cc1ccc(Cl)c(Nc2nccc(C(=O)O)c2N)c1. The number of benzene rings is 1. The van der Waals surface area contributed by atoms with Crippen molar-refractivity contribution >= 4 is 34.8 Å². The van der Waals surface area contributed by atoms with E-state index >= 15 is 0 Å². The van der Waals surface area contributed by atoms with E-state index < -0.39 is 5.97 Å². The molecule has 0 fully saturated rings. The van der Waals surface area contributed by atoms with Crippen LogP contribution in [-0.2, 0) is 0 Å². The summed E-state index contributed by atoms with van der Waals surface area (Å²) in [5.74, 6) is -0.828. The number of aryl methyl sites for hydroxylation is 1. The van der Waals surface area contributed by atoms with Crippen molar-refractivity contribution in [2.45, 2.75) is 6.92 Å². The van der Waals surface area contributed by atoms with Crippen LogP contribution in [0.1, 0.15) is 15.9 Å². The lowest BCUT2D eigenvalue weighted by Crippen LogP contribution is -2.07. The minimum atomic E-state index is -1.10. The van der Waals surface area contributed by atoms with Gasteiger partial charge in [-0.05, 0) is 30.7 Å². The zero-order valence-electron chi connectivity index (χ0n) is 10.1. The molecule has 0 saturated heterocycles. The van der Waals surface area contributed by atoms with E-state index in [1.54, 1.807) is 6.07 Å². The van der Waals surface area contributed by atoms with E-state index in [-0.39, 0.29) is 17.1 Å². The summed E-state index contributed by atoms with van der Waals surface area (Å²) in [6, 6.07) is 6.80. The summed E-state index contributed by atoms with van der Waals surface area (Å²) in [7, 11) is 0. The Balaban J connectivity index is 2.41. The van der Waals surface area contributed by atoms with Gasteiger partial charge in [-0.15, -0.1) is 0 Å². The number of carboxylic acids is 1. The highest BCUT2D eigenvalue weighted by Crippen LogP contribution is 2.29. The van der Waals surface area contributed by atoms with Gasteiger partial charge < -0.3 is 16.2 Å². The summed E-state index contributed by atoms with van der Waals surface area (Å²) in [5.41, 5.74) is 7.49. The van der Waals surface area contributed by atoms with Gasteiger partial charge in [-0.1, -0.05) is 17.7 Å². The number of hydrogen-bond donors (Lipinski definition) is 3. The maximum absolute atomic E-state index is 11.0. The van der Waals surface area contributed by atoms with Gasteiger partial charge in [0.15, 0.2) is 5.82 Å². The average molecular weight is 278 g/mol. The van der Waals surface area contributed by atoms with Crippen LogP contribution in [0.2, 0.25) is 5.02 Å². The Morgan fingerprint density at radius 1 is 1.42 bits per heavy atom. The van der Waals surface area contributed by atoms with Crippen LogP contribution >= 0.6 is 11.6 Å². The number of aromatic carboxylic acids is 1. The molecule has 0 saturated carbocycles. The second kappa shape index (κ2) is 5.16. The number of anilines is 3. The Morgan fingerprint density at radius 3 is 2.84 bits per heavy atom. The zero-order chi connectivity index (χ0) is 14.0. The van der Waals surface area contributed by atoms with Gasteiger partial charge in [0.2, 0.25) is 0 Å². The molecular formula is C13H12ClN3O2. The molecule has 0 amide bonds. The molecule has 2 aromatic rings. The van der Waals surface area contributed by atoms with E-state index in [1.807, 2.05) is 19.1 Å². The lowest BCUT2D eigenvalue weighted by molar-refractivity contribution is 0.0698. The number of nitrogens with zero attached hydrogens (tertiary/aromatic N) is 1. The molecule has 2 rings (SSSR count). The van der Waals surface area contributed by atoms with Crippen LogP contribution in [0, 0.1) is 6.92 Å². The smallest absolute Gasteiger partial charge is 0.337 e. The Hall–Kier alpha value is -2.27. The number of aromatic nitrogens is 1. The maximum Gasteiger partial charge on any atom is 0.337 e. The van der Waals surface area contributed by atoms with Crippen molar-refractivity contribution in [3.8, 4) is 0 Å². The van der Waals surface area contributed by atoms with E-state index in [0.717, 1.165) is 5.56 Å². The zero-order valence-corrected chi connectivity index (χ0v) is 10.9. The van der Waals surface area contributed by atoms with E-state index in [1.165, 1.54) is 12.3 Å². The normalized spacial score (nSPS) is 10.2. The molecule has 0 aliphatic carbocycles. The van der Waals surface area contributed by atoms with Crippen LogP contribution in [0.25, 0.3) is 0 Å². The van der Waals surface area contributed by atoms with Crippen molar-refractivity contribution in [1.82, 2.24) is 4.98 Å². The highest BCUT2D eigenvalue weighted by molar-refractivity contribution is 6.33. The Morgan fingerprint density at radius 2 is 2.16 bits per heavy atom. The van der Waals surface area contributed by atoms with Crippen molar-refractivity contribution in [2.75, 3.05) is 11.1 Å². The fourth-order valence-electron chi connectivity index (χ4n) is 1.62. The topological polar surface area (TPSA) is 88.2 Å². The summed E-state index contributed by atoms with van der Waals surface area (Å²) in [6.07, 6.45) is 1.38. The number of hydrogen-bond acceptors (Lipinski definition) is 4. The average Bonchev–Trinajstić information content (AvgIpc) is 2.36. The summed E-state index contributed by atoms with van der Waals surface area (Å²) in [5, 5.41) is 12.4. The number of halogens is 1. The first kappa shape index (κ1) is 13.2. The first-order valence-electron chi connectivity index (χ1n) is 5.50. The Kier molecular flexibility index (Phi) is 3.57. The third-order valence-electron chi connectivity index (χ3n) is 2.60. The largest absolute Gasteiger partial charge is 0.478 e. The van der Waals surface area contributed by atoms with Gasteiger partial charge in [0.25, 0.3) is 0 Å². The molecule has 0 spiro atoms. The monoisotopic (exact) mass is 277 g/mol. The first-order chi connectivity index (χ1) is 8.99. The fraction of sp³-hybridized carbons (Fsp3) is 0.0769. The first-order valence-corrected chi connectivity index (χ1v) is 5.88. The van der Waals surface area contributed by atoms with Gasteiger partial charge >= 0.3 is 5.97 Å². The Bertz CT molecular complexity index is 644. The number of nitrogens with one attached hydrogen (secondary N) is 1. The van der Waals surface area contributed by atoms with E-state index in [2.05, 4.69) is 10.3 Å². The second-order valence-corrected chi connectivity index (χ2v) is 4.44. The highest BCUT2D eigenvalue weighted by atomic mass is 35.5. The van der Waals surface area contributed by atoms with Gasteiger partial charge in [0, 0.05) is 6.20 Å². The van der Waals surface area contributed by atoms with Crippen LogP contribution in [-0.4, -0.2) is 16.1 Å². The summed E-state index contributed by atoms with van der Waals surface area (Å²) >= 11 is 6.05. The third kappa shape index (κ3) is 2.77. The van der Waals surface area contributed by atoms with E-state index in [9.17, 15) is 4.79 Å². The highest BCUT2D eigenvalue weighted by Gasteiger charge is 2.13. The maximum atomic E-state index is 11.0. The van der Waals surface area contributed by atoms with E-state index in [0.29, 0.717) is 10.7 Å². The molecule has 98 valence electrons. The van der Waals surface area contributed by atoms with Crippen LogP contribution in [0.4, 0.5) is 17.2 Å². The van der Waals surface area contributed by atoms with Crippen LogP contribution < -0.4 is 11.1 Å². The molecular weight excluding hydrogens is 266 g/mol. The van der Waals surface area contributed by atoms with Crippen molar-refractivity contribution in [3.63, 3.8) is 0 Å². The van der Waals surface area contributed by atoms with Gasteiger partial charge in [0.05, 0.1) is 22.0 Å². The van der Waals surface area contributed by atoms with E-state index in [4.69, 9.17) is 22.4 Å². The van der Waals surface area contributed by atoms with Gasteiger partial charge in [-0.2, -0.15) is 0 Å². The minimum Gasteiger partial charge on any atom is -0.478 e. The molecule has 5 nitrogen and oxygen atoms in total. The molecule has 0 bridgehead atoms. The molecule has 1 heterocycles. The number of carboxylic acid groups (broad SMARTS) is 1. The molecule has 0 radical (unpaired) electrons. The van der Waals surface area contributed by atoms with Gasteiger partial charge in [-0.25, -0.2) is 9.78 Å². The molecule has 0 aliphatic rings. The quantitative estimate of drug-likeness (QED) is 0.802. The minimum absolute atomic E-state index is 0.00118. The molecule has 1 aromatic heterocycles. The molecule has 1 aromatic carbocycles. The number of carbonyl (C=O) groups is 1. The molecule has 0 atom stereocenters. The Labute approximate surface area is 115 Å². The van der Waals surface area contributed by atoms with Crippen molar-refractivity contribution in [3.05, 3.63) is 46.6 Å². The fourth-order valence-corrected chi connectivity index (χ4v) is 1.79. The lowest BCUT2D eigenvalue weighted by atomic mass is 10.2. The van der Waals surface area contributed by atoms with Crippen molar-refractivity contribution < 1.29 is 9.90 Å². The molecule has 19 heavy (non-hydrogen) atoms. The van der Waals surface area contributed by atoms with Gasteiger partial charge in [-0.3, -0.25) is 0 Å². The number of pyridine rings is 1. The van der Waals surface area contributed by atoms with Gasteiger partial charge in [0.1, 0.15) is 0 Å². The number of rotatable bonds is 3. The van der Waals surface area contributed by atoms with Crippen LogP contribution in [0.15, 0.2) is 30.5 Å². The molecule has 6 heteroatoms. The molecule has 4 N–H and O–H groups in total. The summed E-state index contributed by atoms with van der Waals surface area (Å²) in [6.45, 7) is 1.92. The molecule has 0 aliphatic heterocycles.